The fraction of sp³-hybridized carbons (Fsp3) is 0.529. The Balaban J connectivity index is 1.78. The molecule has 0 aliphatic carbocycles. The van der Waals surface area contributed by atoms with Crippen LogP contribution < -0.4 is 15.4 Å². The highest BCUT2D eigenvalue weighted by Crippen LogP contribution is 2.29. The number of carbonyl (C=O) groups is 2. The third-order valence-corrected chi connectivity index (χ3v) is 4.64. The first-order valence-corrected chi connectivity index (χ1v) is 8.51. The molecule has 3 N–H and O–H groups in total. The number of piperidine rings is 1. The van der Waals surface area contributed by atoms with Gasteiger partial charge in [-0.3, -0.25) is 4.79 Å². The number of rotatable bonds is 4. The molecule has 1 aromatic rings. The Hall–Kier alpha value is -2.55. The fourth-order valence-corrected chi connectivity index (χ4v) is 3.18. The van der Waals surface area contributed by atoms with Crippen LogP contribution in [0.4, 0.5) is 14.9 Å². The normalized spacial score (nSPS) is 23.6. The molecule has 0 spiro atoms. The minimum absolute atomic E-state index is 0.176. The van der Waals surface area contributed by atoms with Gasteiger partial charge in [-0.2, -0.15) is 0 Å². The van der Waals surface area contributed by atoms with Gasteiger partial charge in [0.1, 0.15) is 11.9 Å². The first kappa shape index (κ1) is 18.2. The fourth-order valence-electron chi connectivity index (χ4n) is 3.18. The molecule has 2 aliphatic heterocycles. The van der Waals surface area contributed by atoms with Crippen molar-refractivity contribution >= 4 is 17.7 Å². The third-order valence-electron chi connectivity index (χ3n) is 4.64. The minimum atomic E-state index is -1.48. The highest BCUT2D eigenvalue weighted by atomic mass is 19.1. The van der Waals surface area contributed by atoms with E-state index in [0.717, 1.165) is 10.6 Å². The molecule has 0 saturated carbocycles. The molecular weight excluding hydrogens is 345 g/mol. The Morgan fingerprint density at radius 3 is 2.62 bits per heavy atom. The van der Waals surface area contributed by atoms with Gasteiger partial charge in [-0.25, -0.2) is 9.18 Å². The van der Waals surface area contributed by atoms with E-state index in [1.165, 1.54) is 0 Å². The van der Waals surface area contributed by atoms with Crippen LogP contribution in [0.3, 0.4) is 0 Å². The van der Waals surface area contributed by atoms with Gasteiger partial charge in [0.05, 0.1) is 25.3 Å². The van der Waals surface area contributed by atoms with Gasteiger partial charge in [0.25, 0.3) is 5.91 Å². The van der Waals surface area contributed by atoms with E-state index in [1.807, 2.05) is 0 Å². The molecule has 0 bridgehead atoms. The molecular formula is C17H22FN3O5. The van der Waals surface area contributed by atoms with Crippen LogP contribution in [-0.4, -0.2) is 73.7 Å². The third kappa shape index (κ3) is 3.98. The van der Waals surface area contributed by atoms with Crippen LogP contribution in [0.25, 0.3) is 0 Å². The summed E-state index contributed by atoms with van der Waals surface area (Å²) in [5, 5.41) is 8.97. The van der Waals surface area contributed by atoms with Crippen molar-refractivity contribution in [2.75, 3.05) is 44.3 Å². The average Bonchev–Trinajstić information content (AvgIpc) is 2.63. The van der Waals surface area contributed by atoms with Gasteiger partial charge in [-0.15, -0.1) is 0 Å². The standard InChI is InChI=1S/C17H22FN3O5/c18-13-10-21(17(23)24)4-3-14(13)26-15-9-11(1-2-12(15)16(19)22)20-5-7-25-8-6-20/h1-2,9,13-14H,3-8,10H2,(H2,19,22)(H,23,24)/t13-,14+/m0/s1. The van der Waals surface area contributed by atoms with E-state index >= 15 is 0 Å². The van der Waals surface area contributed by atoms with Crippen LogP contribution in [0.5, 0.6) is 5.75 Å². The van der Waals surface area contributed by atoms with Crippen molar-refractivity contribution in [1.29, 1.82) is 0 Å². The van der Waals surface area contributed by atoms with Gasteiger partial charge in [0.15, 0.2) is 6.17 Å². The molecule has 2 atom stereocenters. The minimum Gasteiger partial charge on any atom is -0.486 e. The molecule has 9 heteroatoms. The molecule has 2 fully saturated rings. The molecule has 8 nitrogen and oxygen atoms in total. The highest BCUT2D eigenvalue weighted by molar-refractivity contribution is 5.96. The quantitative estimate of drug-likeness (QED) is 0.825. The van der Waals surface area contributed by atoms with Crippen molar-refractivity contribution < 1.29 is 28.6 Å². The number of morpholine rings is 1. The summed E-state index contributed by atoms with van der Waals surface area (Å²) in [6, 6.07) is 5.03. The maximum Gasteiger partial charge on any atom is 0.407 e. The van der Waals surface area contributed by atoms with E-state index in [2.05, 4.69) is 4.90 Å². The largest absolute Gasteiger partial charge is 0.486 e. The van der Waals surface area contributed by atoms with Crippen LogP contribution in [0.15, 0.2) is 18.2 Å². The van der Waals surface area contributed by atoms with Crippen LogP contribution in [0.1, 0.15) is 16.8 Å². The number of carbonyl (C=O) groups excluding carboxylic acids is 1. The molecule has 1 aromatic carbocycles. The lowest BCUT2D eigenvalue weighted by molar-refractivity contribution is 0.0245. The monoisotopic (exact) mass is 367 g/mol. The molecule has 0 radical (unpaired) electrons. The maximum atomic E-state index is 14.4. The van der Waals surface area contributed by atoms with Gasteiger partial charge in [0, 0.05) is 37.8 Å². The van der Waals surface area contributed by atoms with Crippen molar-refractivity contribution in [3.05, 3.63) is 23.8 Å². The van der Waals surface area contributed by atoms with E-state index in [0.29, 0.717) is 26.3 Å². The van der Waals surface area contributed by atoms with Crippen molar-refractivity contribution in [2.24, 2.45) is 5.73 Å². The molecule has 142 valence electrons. The van der Waals surface area contributed by atoms with E-state index in [-0.39, 0.29) is 30.8 Å². The zero-order valence-corrected chi connectivity index (χ0v) is 14.3. The van der Waals surface area contributed by atoms with Gasteiger partial charge in [0.2, 0.25) is 0 Å². The molecule has 0 unspecified atom stereocenters. The molecule has 26 heavy (non-hydrogen) atoms. The lowest BCUT2D eigenvalue weighted by Gasteiger charge is -2.34. The number of likely N-dealkylation sites (tertiary alicyclic amines) is 1. The summed E-state index contributed by atoms with van der Waals surface area (Å²) in [6.07, 6.45) is -3.26. The van der Waals surface area contributed by atoms with Gasteiger partial charge in [-0.05, 0) is 12.1 Å². The summed E-state index contributed by atoms with van der Waals surface area (Å²) < 4.78 is 25.5. The topological polar surface area (TPSA) is 105 Å². The van der Waals surface area contributed by atoms with E-state index in [9.17, 15) is 14.0 Å². The van der Waals surface area contributed by atoms with Crippen LogP contribution in [0, 0.1) is 0 Å². The lowest BCUT2D eigenvalue weighted by Crippen LogP contribution is -2.49. The number of benzene rings is 1. The number of anilines is 1. The zero-order valence-electron chi connectivity index (χ0n) is 14.3. The predicted molar refractivity (Wildman–Crippen MR) is 91.5 cm³/mol. The Bertz CT molecular complexity index is 680. The summed E-state index contributed by atoms with van der Waals surface area (Å²) in [6.45, 7) is 2.54. The number of ether oxygens (including phenoxy) is 2. The smallest absolute Gasteiger partial charge is 0.407 e. The van der Waals surface area contributed by atoms with Crippen molar-refractivity contribution in [1.82, 2.24) is 4.90 Å². The van der Waals surface area contributed by atoms with Crippen LogP contribution >= 0.6 is 0 Å². The Morgan fingerprint density at radius 1 is 1.27 bits per heavy atom. The SMILES string of the molecule is NC(=O)c1ccc(N2CCOCC2)cc1O[C@@H]1CCN(C(=O)O)C[C@@H]1F. The van der Waals surface area contributed by atoms with Gasteiger partial charge < -0.3 is 30.1 Å². The Kier molecular flexibility index (Phi) is 5.46. The molecule has 2 amide bonds. The number of halogens is 1. The zero-order chi connectivity index (χ0) is 18.7. The molecule has 2 saturated heterocycles. The van der Waals surface area contributed by atoms with Crippen LogP contribution in [-0.2, 0) is 4.74 Å². The predicted octanol–water partition coefficient (Wildman–Crippen LogP) is 1.09. The summed E-state index contributed by atoms with van der Waals surface area (Å²) >= 11 is 0. The van der Waals surface area contributed by atoms with Crippen molar-refractivity contribution in [2.45, 2.75) is 18.7 Å². The van der Waals surface area contributed by atoms with E-state index < -0.39 is 24.3 Å². The number of hydrogen-bond acceptors (Lipinski definition) is 5. The maximum absolute atomic E-state index is 14.4. The second-order valence-corrected chi connectivity index (χ2v) is 6.33. The van der Waals surface area contributed by atoms with Crippen molar-refractivity contribution in [3.63, 3.8) is 0 Å². The summed E-state index contributed by atoms with van der Waals surface area (Å²) in [7, 11) is 0. The number of primary amides is 1. The first-order chi connectivity index (χ1) is 12.5. The van der Waals surface area contributed by atoms with E-state index in [1.54, 1.807) is 18.2 Å². The van der Waals surface area contributed by atoms with E-state index in [4.69, 9.17) is 20.3 Å². The summed E-state index contributed by atoms with van der Waals surface area (Å²) in [5.41, 5.74) is 6.43. The van der Waals surface area contributed by atoms with Gasteiger partial charge in [-0.1, -0.05) is 0 Å². The molecule has 2 aliphatic rings. The summed E-state index contributed by atoms with van der Waals surface area (Å²) in [5.74, 6) is -0.440. The second kappa shape index (κ2) is 7.77. The van der Waals surface area contributed by atoms with Crippen molar-refractivity contribution in [3.8, 4) is 5.75 Å². The molecule has 2 heterocycles. The summed E-state index contributed by atoms with van der Waals surface area (Å²) in [4.78, 5) is 25.8. The second-order valence-electron chi connectivity index (χ2n) is 6.33. The van der Waals surface area contributed by atoms with Crippen LogP contribution in [0.2, 0.25) is 0 Å². The number of hydrogen-bond donors (Lipinski definition) is 2. The first-order valence-electron chi connectivity index (χ1n) is 8.51. The number of nitrogens with two attached hydrogens (primary N) is 1. The average molecular weight is 367 g/mol. The van der Waals surface area contributed by atoms with Gasteiger partial charge >= 0.3 is 6.09 Å². The number of alkyl halides is 1. The Morgan fingerprint density at radius 2 is 2.00 bits per heavy atom. The lowest BCUT2D eigenvalue weighted by atomic mass is 10.1. The highest BCUT2D eigenvalue weighted by Gasteiger charge is 2.33. The number of carboxylic acid groups (broad SMARTS) is 1. The molecule has 0 aromatic heterocycles. The number of amides is 2. The molecule has 3 rings (SSSR count). The Labute approximate surface area is 150 Å². The number of nitrogens with zero attached hydrogens (tertiary/aromatic N) is 2.